The van der Waals surface area contributed by atoms with Crippen LogP contribution < -0.4 is 11.1 Å². The summed E-state index contributed by atoms with van der Waals surface area (Å²) in [6, 6.07) is 8.57. The number of nitrogens with two attached hydrogens (primary N) is 1. The Hall–Kier alpha value is -1.74. The van der Waals surface area contributed by atoms with Gasteiger partial charge in [-0.3, -0.25) is 0 Å². The van der Waals surface area contributed by atoms with Crippen LogP contribution in [0, 0.1) is 26.8 Å². The van der Waals surface area contributed by atoms with E-state index < -0.39 is 0 Å². The second-order valence-corrected chi connectivity index (χ2v) is 4.68. The van der Waals surface area contributed by atoms with Crippen molar-refractivity contribution in [1.29, 1.82) is 0 Å². The molecule has 93 valence electrons. The summed E-state index contributed by atoms with van der Waals surface area (Å²) < 4.78 is 0. The lowest BCUT2D eigenvalue weighted by molar-refractivity contribution is 1.18. The van der Waals surface area contributed by atoms with Crippen molar-refractivity contribution in [3.05, 3.63) is 46.1 Å². The van der Waals surface area contributed by atoms with E-state index in [2.05, 4.69) is 16.4 Å². The minimum atomic E-state index is 0.600. The highest BCUT2D eigenvalue weighted by molar-refractivity contribution is 6.31. The number of hydrogen-bond donors (Lipinski definition) is 2. The number of aryl methyl sites for hydroxylation is 2. The molecule has 1 aromatic carbocycles. The molecule has 3 nitrogen and oxygen atoms in total. The number of rotatable bonds is 2. The van der Waals surface area contributed by atoms with Gasteiger partial charge in [-0.2, -0.15) is 0 Å². The first kappa shape index (κ1) is 12.7. The molecule has 2 aromatic rings. The van der Waals surface area contributed by atoms with E-state index >= 15 is 0 Å². The number of benzene rings is 1. The van der Waals surface area contributed by atoms with Crippen LogP contribution in [-0.2, 0) is 0 Å². The van der Waals surface area contributed by atoms with Crippen molar-refractivity contribution in [1.82, 2.24) is 4.98 Å². The molecule has 0 spiro atoms. The molecule has 3 N–H and O–H groups in total. The molecule has 0 atom stereocenters. The van der Waals surface area contributed by atoms with Gasteiger partial charge in [0, 0.05) is 17.4 Å². The Morgan fingerprint density at radius 3 is 2.78 bits per heavy atom. The minimum absolute atomic E-state index is 0.600. The van der Waals surface area contributed by atoms with E-state index in [4.69, 9.17) is 17.3 Å². The summed E-state index contributed by atoms with van der Waals surface area (Å²) in [5.74, 6) is 0.665. The van der Waals surface area contributed by atoms with Gasteiger partial charge in [0.15, 0.2) is 5.82 Å². The third-order valence-corrected chi connectivity index (χ3v) is 3.23. The van der Waals surface area contributed by atoms with Crippen LogP contribution in [0.5, 0.6) is 0 Å². The van der Waals surface area contributed by atoms with Crippen LogP contribution in [0.25, 0.3) is 0 Å². The van der Waals surface area contributed by atoms with E-state index in [0.29, 0.717) is 16.5 Å². The van der Waals surface area contributed by atoms with E-state index in [-0.39, 0.29) is 0 Å². The fourth-order valence-corrected chi connectivity index (χ4v) is 1.92. The molecular formula is C14H15ClN3. The molecule has 0 saturated carbocycles. The lowest BCUT2D eigenvalue weighted by Crippen LogP contribution is -2.03. The average molecular weight is 261 g/mol. The van der Waals surface area contributed by atoms with Gasteiger partial charge in [0.05, 0.1) is 10.7 Å². The fourth-order valence-electron chi connectivity index (χ4n) is 1.75. The van der Waals surface area contributed by atoms with Crippen molar-refractivity contribution in [3.63, 3.8) is 0 Å². The normalized spacial score (nSPS) is 10.4. The van der Waals surface area contributed by atoms with Crippen molar-refractivity contribution in [2.45, 2.75) is 20.8 Å². The van der Waals surface area contributed by atoms with Gasteiger partial charge in [-0.25, -0.2) is 4.98 Å². The Morgan fingerprint density at radius 1 is 1.33 bits per heavy atom. The van der Waals surface area contributed by atoms with E-state index in [1.165, 1.54) is 0 Å². The lowest BCUT2D eigenvalue weighted by Gasteiger charge is -2.13. The van der Waals surface area contributed by atoms with Crippen LogP contribution in [0.1, 0.15) is 16.8 Å². The lowest BCUT2D eigenvalue weighted by atomic mass is 10.1. The molecule has 0 fully saturated rings. The Labute approximate surface area is 112 Å². The number of halogens is 1. The van der Waals surface area contributed by atoms with Crippen LogP contribution in [-0.4, -0.2) is 4.98 Å². The Balaban J connectivity index is 2.43. The largest absolute Gasteiger partial charge is 0.396 e. The Morgan fingerprint density at radius 2 is 2.06 bits per heavy atom. The second kappa shape index (κ2) is 4.86. The molecule has 0 aliphatic rings. The molecule has 0 unspecified atom stereocenters. The zero-order chi connectivity index (χ0) is 13.3. The summed E-state index contributed by atoms with van der Waals surface area (Å²) in [4.78, 5) is 4.41. The van der Waals surface area contributed by atoms with Crippen molar-refractivity contribution >= 4 is 28.8 Å². The molecule has 1 heterocycles. The SMILES string of the molecule is Cc1cc(C)c(N)c(Nc2cc[c]c(Cl)c2C)n1. The molecular weight excluding hydrogens is 246 g/mol. The van der Waals surface area contributed by atoms with Gasteiger partial charge in [0.1, 0.15) is 0 Å². The first-order valence-electron chi connectivity index (χ1n) is 5.66. The summed E-state index contributed by atoms with van der Waals surface area (Å²) in [5.41, 5.74) is 10.4. The van der Waals surface area contributed by atoms with Gasteiger partial charge in [0.25, 0.3) is 0 Å². The van der Waals surface area contributed by atoms with Gasteiger partial charge in [0.2, 0.25) is 0 Å². The molecule has 1 aromatic heterocycles. The second-order valence-electron chi connectivity index (χ2n) is 4.30. The zero-order valence-electron chi connectivity index (χ0n) is 10.6. The van der Waals surface area contributed by atoms with E-state index in [0.717, 1.165) is 22.5 Å². The van der Waals surface area contributed by atoms with Gasteiger partial charge in [-0.05, 0) is 44.0 Å². The highest BCUT2D eigenvalue weighted by atomic mass is 35.5. The predicted molar refractivity (Wildman–Crippen MR) is 76.4 cm³/mol. The fraction of sp³-hybridized carbons (Fsp3) is 0.214. The van der Waals surface area contributed by atoms with Crippen LogP contribution >= 0.6 is 11.6 Å². The molecule has 0 aliphatic heterocycles. The first-order chi connectivity index (χ1) is 8.49. The molecule has 0 aliphatic carbocycles. The van der Waals surface area contributed by atoms with E-state index in [1.807, 2.05) is 32.9 Å². The number of nitrogens with zero attached hydrogens (tertiary/aromatic N) is 1. The average Bonchev–Trinajstić information content (AvgIpc) is 2.31. The number of hydrogen-bond acceptors (Lipinski definition) is 3. The maximum Gasteiger partial charge on any atom is 0.154 e. The van der Waals surface area contributed by atoms with Crippen LogP contribution in [0.3, 0.4) is 0 Å². The maximum absolute atomic E-state index is 6.04. The van der Waals surface area contributed by atoms with Crippen LogP contribution in [0.4, 0.5) is 17.2 Å². The summed E-state index contributed by atoms with van der Waals surface area (Å²) in [7, 11) is 0. The van der Waals surface area contributed by atoms with Crippen molar-refractivity contribution in [3.8, 4) is 0 Å². The highest BCUT2D eigenvalue weighted by Gasteiger charge is 2.08. The minimum Gasteiger partial charge on any atom is -0.396 e. The topological polar surface area (TPSA) is 50.9 Å². The van der Waals surface area contributed by atoms with Gasteiger partial charge >= 0.3 is 0 Å². The third kappa shape index (κ3) is 2.41. The van der Waals surface area contributed by atoms with Crippen LogP contribution in [0.2, 0.25) is 5.02 Å². The zero-order valence-corrected chi connectivity index (χ0v) is 11.4. The number of pyridine rings is 1. The highest BCUT2D eigenvalue weighted by Crippen LogP contribution is 2.28. The molecule has 0 amide bonds. The van der Waals surface area contributed by atoms with E-state index in [1.54, 1.807) is 6.07 Å². The molecule has 18 heavy (non-hydrogen) atoms. The van der Waals surface area contributed by atoms with Gasteiger partial charge in [-0.1, -0.05) is 17.7 Å². The van der Waals surface area contributed by atoms with Gasteiger partial charge < -0.3 is 11.1 Å². The number of anilines is 3. The smallest absolute Gasteiger partial charge is 0.154 e. The molecule has 0 bridgehead atoms. The Bertz CT molecular complexity index is 594. The van der Waals surface area contributed by atoms with Crippen molar-refractivity contribution < 1.29 is 0 Å². The summed E-state index contributed by atoms with van der Waals surface area (Å²) in [6.07, 6.45) is 0. The molecule has 4 heteroatoms. The third-order valence-electron chi connectivity index (χ3n) is 2.84. The summed E-state index contributed by atoms with van der Waals surface area (Å²) in [5, 5.41) is 3.82. The van der Waals surface area contributed by atoms with Crippen molar-refractivity contribution in [2.24, 2.45) is 0 Å². The predicted octanol–water partition coefficient (Wildman–Crippen LogP) is 3.79. The molecule has 1 radical (unpaired) electrons. The summed E-state index contributed by atoms with van der Waals surface area (Å²) >= 11 is 6.04. The Kier molecular flexibility index (Phi) is 3.43. The maximum atomic E-state index is 6.04. The van der Waals surface area contributed by atoms with Crippen LogP contribution in [0.15, 0.2) is 18.2 Å². The number of aromatic nitrogens is 1. The van der Waals surface area contributed by atoms with Crippen molar-refractivity contribution in [2.75, 3.05) is 11.1 Å². The summed E-state index contributed by atoms with van der Waals surface area (Å²) in [6.45, 7) is 5.84. The van der Waals surface area contributed by atoms with Gasteiger partial charge in [-0.15, -0.1) is 0 Å². The molecule has 0 saturated heterocycles. The standard InChI is InChI=1S/C14H15ClN3/c1-8-7-9(2)17-14(13(8)16)18-12-6-4-5-11(15)10(12)3/h4,6-7H,16H2,1-3H3,(H,17,18). The number of nitrogen functional groups attached to an aromatic ring is 1. The molecule has 2 rings (SSSR count). The first-order valence-corrected chi connectivity index (χ1v) is 6.04. The number of nitrogens with one attached hydrogen (secondary N) is 1. The quantitative estimate of drug-likeness (QED) is 0.864. The van der Waals surface area contributed by atoms with E-state index in [9.17, 15) is 0 Å². The monoisotopic (exact) mass is 260 g/mol.